The molecule has 0 aliphatic rings. The van der Waals surface area contributed by atoms with E-state index in [2.05, 4.69) is 4.98 Å². The van der Waals surface area contributed by atoms with E-state index in [1.54, 1.807) is 24.3 Å². The van der Waals surface area contributed by atoms with Crippen molar-refractivity contribution in [1.29, 1.82) is 0 Å². The van der Waals surface area contributed by atoms with Crippen LogP contribution in [-0.4, -0.2) is 17.9 Å². The second-order valence-electron chi connectivity index (χ2n) is 4.77. The lowest BCUT2D eigenvalue weighted by molar-refractivity contribution is 0.112. The fourth-order valence-electron chi connectivity index (χ4n) is 2.53. The molecule has 0 aliphatic heterocycles. The number of aromatic nitrogens is 1. The molecule has 0 spiro atoms. The Labute approximate surface area is 125 Å². The Morgan fingerprint density at radius 2 is 2.00 bits per heavy atom. The molecule has 2 aromatic carbocycles. The topological polar surface area (TPSA) is 42.1 Å². The first-order valence-corrected chi connectivity index (χ1v) is 6.83. The molecule has 1 N–H and O–H groups in total. The number of aromatic amines is 1. The van der Waals surface area contributed by atoms with Gasteiger partial charge in [-0.15, -0.1) is 0 Å². The van der Waals surface area contributed by atoms with Crippen LogP contribution in [-0.2, 0) is 0 Å². The zero-order valence-corrected chi connectivity index (χ0v) is 11.8. The molecular weight excluding hydrogens is 288 g/mol. The van der Waals surface area contributed by atoms with Gasteiger partial charge in [0, 0.05) is 22.6 Å². The maximum Gasteiger partial charge on any atom is 0.152 e. The molecule has 1 aromatic heterocycles. The number of ether oxygens (including phenoxy) is 1. The second-order valence-corrected chi connectivity index (χ2v) is 4.77. The van der Waals surface area contributed by atoms with Crippen LogP contribution in [0.4, 0.5) is 8.78 Å². The average Bonchev–Trinajstić information content (AvgIpc) is 2.86. The van der Waals surface area contributed by atoms with Crippen LogP contribution in [0.25, 0.3) is 22.2 Å². The third-order valence-corrected chi connectivity index (χ3v) is 3.44. The molecule has 0 atom stereocenters. The van der Waals surface area contributed by atoms with Crippen LogP contribution in [0.1, 0.15) is 17.3 Å². The van der Waals surface area contributed by atoms with Crippen molar-refractivity contribution < 1.29 is 18.3 Å². The highest BCUT2D eigenvalue weighted by atomic mass is 19.1. The maximum atomic E-state index is 13.9. The lowest BCUT2D eigenvalue weighted by atomic mass is 10.1. The number of rotatable bonds is 4. The first kappa shape index (κ1) is 14.3. The third-order valence-electron chi connectivity index (χ3n) is 3.44. The molecule has 112 valence electrons. The van der Waals surface area contributed by atoms with E-state index in [0.29, 0.717) is 29.9 Å². The summed E-state index contributed by atoms with van der Waals surface area (Å²) in [5, 5.41) is 0.216. The Bertz CT molecular complexity index is 855. The first-order valence-electron chi connectivity index (χ1n) is 6.83. The Hall–Kier alpha value is -2.69. The number of fused-ring (bicyclic) bond motifs is 1. The van der Waals surface area contributed by atoms with Gasteiger partial charge < -0.3 is 9.72 Å². The van der Waals surface area contributed by atoms with E-state index < -0.39 is 11.6 Å². The Morgan fingerprint density at radius 3 is 2.73 bits per heavy atom. The third kappa shape index (κ3) is 2.24. The van der Waals surface area contributed by atoms with Crippen molar-refractivity contribution in [3.05, 3.63) is 53.6 Å². The number of aldehydes is 1. The second kappa shape index (κ2) is 5.60. The molecule has 0 saturated heterocycles. The average molecular weight is 301 g/mol. The number of halogens is 2. The van der Waals surface area contributed by atoms with Crippen LogP contribution in [0.15, 0.2) is 36.4 Å². The number of hydrogen-bond acceptors (Lipinski definition) is 2. The van der Waals surface area contributed by atoms with Crippen LogP contribution in [0.5, 0.6) is 5.75 Å². The Kier molecular flexibility index (Phi) is 3.63. The van der Waals surface area contributed by atoms with Gasteiger partial charge in [0.25, 0.3) is 0 Å². The van der Waals surface area contributed by atoms with Crippen molar-refractivity contribution in [2.45, 2.75) is 6.92 Å². The summed E-state index contributed by atoms with van der Waals surface area (Å²) in [7, 11) is 0. The van der Waals surface area contributed by atoms with E-state index in [0.717, 1.165) is 12.1 Å². The number of H-pyrrole nitrogens is 1. The van der Waals surface area contributed by atoms with Gasteiger partial charge in [0.2, 0.25) is 0 Å². The molecule has 3 aromatic rings. The fraction of sp³-hybridized carbons (Fsp3) is 0.118. The quantitative estimate of drug-likeness (QED) is 0.729. The largest absolute Gasteiger partial charge is 0.493 e. The van der Waals surface area contributed by atoms with Crippen molar-refractivity contribution in [1.82, 2.24) is 4.98 Å². The summed E-state index contributed by atoms with van der Waals surface area (Å²) in [6, 6.07) is 9.04. The number of nitrogens with one attached hydrogen (secondary N) is 1. The minimum atomic E-state index is -0.738. The van der Waals surface area contributed by atoms with E-state index in [-0.39, 0.29) is 16.5 Å². The van der Waals surface area contributed by atoms with Crippen LogP contribution < -0.4 is 4.74 Å². The number of benzene rings is 2. The van der Waals surface area contributed by atoms with Gasteiger partial charge >= 0.3 is 0 Å². The summed E-state index contributed by atoms with van der Waals surface area (Å²) >= 11 is 0. The molecule has 0 fully saturated rings. The molecule has 0 amide bonds. The van der Waals surface area contributed by atoms with Crippen LogP contribution in [0, 0.1) is 11.6 Å². The van der Waals surface area contributed by atoms with Gasteiger partial charge in [-0.2, -0.15) is 0 Å². The minimum absolute atomic E-state index is 0.102. The molecule has 22 heavy (non-hydrogen) atoms. The van der Waals surface area contributed by atoms with Gasteiger partial charge in [-0.3, -0.25) is 4.79 Å². The van der Waals surface area contributed by atoms with Gasteiger partial charge in [0.05, 0.1) is 17.8 Å². The predicted molar refractivity (Wildman–Crippen MR) is 80.2 cm³/mol. The van der Waals surface area contributed by atoms with Gasteiger partial charge in [-0.25, -0.2) is 8.78 Å². The van der Waals surface area contributed by atoms with E-state index in [1.807, 2.05) is 6.92 Å². The standard InChI is InChI=1S/C17H13F2NO2/c1-2-22-15-6-4-3-5-11(15)16-13(9-21)12-7-10(18)8-14(19)17(12)20-16/h3-9,20H,2H2,1H3. The molecule has 5 heteroatoms. The number of carbonyl (C=O) groups excluding carboxylic acids is 1. The highest BCUT2D eigenvalue weighted by Crippen LogP contribution is 2.35. The van der Waals surface area contributed by atoms with E-state index in [9.17, 15) is 13.6 Å². The van der Waals surface area contributed by atoms with Crippen LogP contribution in [0.3, 0.4) is 0 Å². The van der Waals surface area contributed by atoms with E-state index >= 15 is 0 Å². The highest BCUT2D eigenvalue weighted by molar-refractivity contribution is 6.05. The van der Waals surface area contributed by atoms with Gasteiger partial charge in [0.1, 0.15) is 17.4 Å². The molecular formula is C17H13F2NO2. The van der Waals surface area contributed by atoms with Crippen molar-refractivity contribution >= 4 is 17.2 Å². The number of carbonyl (C=O) groups is 1. The van der Waals surface area contributed by atoms with E-state index in [4.69, 9.17) is 4.74 Å². The zero-order valence-electron chi connectivity index (χ0n) is 11.8. The SMILES string of the molecule is CCOc1ccccc1-c1[nH]c2c(F)cc(F)cc2c1C=O. The number of para-hydroxylation sites is 1. The summed E-state index contributed by atoms with van der Waals surface area (Å²) < 4.78 is 32.9. The van der Waals surface area contributed by atoms with Gasteiger partial charge in [-0.1, -0.05) is 12.1 Å². The number of hydrogen-bond donors (Lipinski definition) is 1. The molecule has 0 radical (unpaired) electrons. The summed E-state index contributed by atoms with van der Waals surface area (Å²) in [5.74, 6) is -0.893. The lowest BCUT2D eigenvalue weighted by Crippen LogP contribution is -1.95. The fourth-order valence-corrected chi connectivity index (χ4v) is 2.53. The molecule has 0 aliphatic carbocycles. The Balaban J connectivity index is 2.32. The minimum Gasteiger partial charge on any atom is -0.493 e. The first-order chi connectivity index (χ1) is 10.7. The highest BCUT2D eigenvalue weighted by Gasteiger charge is 2.18. The van der Waals surface area contributed by atoms with Crippen molar-refractivity contribution in [3.8, 4) is 17.0 Å². The molecule has 0 bridgehead atoms. The maximum absolute atomic E-state index is 13.9. The van der Waals surface area contributed by atoms with Crippen LogP contribution in [0.2, 0.25) is 0 Å². The predicted octanol–water partition coefficient (Wildman–Crippen LogP) is 4.32. The molecule has 0 saturated carbocycles. The monoisotopic (exact) mass is 301 g/mol. The van der Waals surface area contributed by atoms with Gasteiger partial charge in [-0.05, 0) is 25.1 Å². The molecule has 3 rings (SSSR count). The summed E-state index contributed by atoms with van der Waals surface area (Å²) in [6.45, 7) is 2.30. The molecule has 0 unspecified atom stereocenters. The molecule has 3 nitrogen and oxygen atoms in total. The van der Waals surface area contributed by atoms with Crippen molar-refractivity contribution in [3.63, 3.8) is 0 Å². The smallest absolute Gasteiger partial charge is 0.152 e. The summed E-state index contributed by atoms with van der Waals surface area (Å²) in [5.41, 5.74) is 1.35. The van der Waals surface area contributed by atoms with Gasteiger partial charge in [0.15, 0.2) is 6.29 Å². The zero-order chi connectivity index (χ0) is 15.7. The lowest BCUT2D eigenvalue weighted by Gasteiger charge is -2.09. The van der Waals surface area contributed by atoms with Crippen molar-refractivity contribution in [2.24, 2.45) is 0 Å². The Morgan fingerprint density at radius 1 is 1.23 bits per heavy atom. The summed E-state index contributed by atoms with van der Waals surface area (Å²) in [4.78, 5) is 14.3. The summed E-state index contributed by atoms with van der Waals surface area (Å²) in [6.07, 6.45) is 0.593. The van der Waals surface area contributed by atoms with Crippen LogP contribution >= 0.6 is 0 Å². The molecule has 1 heterocycles. The van der Waals surface area contributed by atoms with Crippen molar-refractivity contribution in [2.75, 3.05) is 6.61 Å². The normalized spacial score (nSPS) is 10.9. The van der Waals surface area contributed by atoms with E-state index in [1.165, 1.54) is 0 Å².